The highest BCUT2D eigenvalue weighted by atomic mass is 35.5. The Bertz CT molecular complexity index is 984. The van der Waals surface area contributed by atoms with Gasteiger partial charge in [0, 0.05) is 18.0 Å². The molecule has 0 saturated heterocycles. The van der Waals surface area contributed by atoms with Crippen molar-refractivity contribution >= 4 is 28.6 Å². The Balaban J connectivity index is 0.000000170. The molecular formula is C18H15ClN2O4. The second kappa shape index (κ2) is 7.36. The SMILES string of the molecule is CCOC(=O)c1c[nH]c2cccnc2c1=O.Clc1cc2ccc1CO2. The predicted molar refractivity (Wildman–Crippen MR) is 94.1 cm³/mol. The van der Waals surface area contributed by atoms with Crippen molar-refractivity contribution in [1.82, 2.24) is 9.97 Å². The molecule has 2 aliphatic heterocycles. The van der Waals surface area contributed by atoms with Crippen LogP contribution in [-0.2, 0) is 11.3 Å². The summed E-state index contributed by atoms with van der Waals surface area (Å²) in [7, 11) is 0. The molecule has 0 atom stereocenters. The molecule has 0 amide bonds. The Morgan fingerprint density at radius 2 is 2.24 bits per heavy atom. The van der Waals surface area contributed by atoms with Gasteiger partial charge in [-0.2, -0.15) is 0 Å². The third kappa shape index (κ3) is 3.64. The Hall–Kier alpha value is -2.86. The summed E-state index contributed by atoms with van der Waals surface area (Å²) in [5.74, 6) is 0.242. The molecule has 7 heteroatoms. The molecule has 0 aliphatic carbocycles. The van der Waals surface area contributed by atoms with Crippen LogP contribution < -0.4 is 10.2 Å². The van der Waals surface area contributed by atoms with Crippen LogP contribution in [-0.4, -0.2) is 22.5 Å². The molecule has 25 heavy (non-hydrogen) atoms. The Kier molecular flexibility index (Phi) is 5.00. The van der Waals surface area contributed by atoms with Crippen LogP contribution >= 0.6 is 11.6 Å². The number of hydrogen-bond donors (Lipinski definition) is 1. The Labute approximate surface area is 148 Å². The van der Waals surface area contributed by atoms with E-state index in [1.165, 1.54) is 12.4 Å². The second-order valence-corrected chi connectivity index (χ2v) is 5.60. The minimum atomic E-state index is -0.628. The molecule has 2 aliphatic rings. The molecule has 0 fully saturated rings. The topological polar surface area (TPSA) is 81.3 Å². The number of ether oxygens (including phenoxy) is 2. The molecule has 128 valence electrons. The molecule has 4 heterocycles. The van der Waals surface area contributed by atoms with E-state index in [1.54, 1.807) is 19.1 Å². The molecule has 0 spiro atoms. The first-order valence-corrected chi connectivity index (χ1v) is 8.02. The number of aromatic amines is 1. The van der Waals surface area contributed by atoms with Gasteiger partial charge >= 0.3 is 5.97 Å². The van der Waals surface area contributed by atoms with Gasteiger partial charge < -0.3 is 14.5 Å². The first-order chi connectivity index (χ1) is 12.1. The molecule has 3 aromatic rings. The van der Waals surface area contributed by atoms with Gasteiger partial charge in [-0.1, -0.05) is 17.7 Å². The quantitative estimate of drug-likeness (QED) is 0.710. The lowest BCUT2D eigenvalue weighted by Gasteiger charge is -2.14. The zero-order valence-corrected chi connectivity index (χ0v) is 14.2. The van der Waals surface area contributed by atoms with Gasteiger partial charge in [0.25, 0.3) is 0 Å². The van der Waals surface area contributed by atoms with Gasteiger partial charge in [-0.3, -0.25) is 9.78 Å². The molecule has 1 N–H and O–H groups in total. The lowest BCUT2D eigenvalue weighted by Crippen LogP contribution is -2.18. The molecule has 2 aromatic heterocycles. The number of pyridine rings is 2. The number of esters is 1. The number of carbonyl (C=O) groups is 1. The van der Waals surface area contributed by atoms with E-state index in [2.05, 4.69) is 9.97 Å². The second-order valence-electron chi connectivity index (χ2n) is 5.19. The van der Waals surface area contributed by atoms with Crippen LogP contribution in [0.5, 0.6) is 5.75 Å². The normalized spacial score (nSPS) is 11.4. The average molecular weight is 359 g/mol. The van der Waals surface area contributed by atoms with E-state index >= 15 is 0 Å². The summed E-state index contributed by atoms with van der Waals surface area (Å²) < 4.78 is 9.95. The first kappa shape index (κ1) is 17.0. The van der Waals surface area contributed by atoms with E-state index in [-0.39, 0.29) is 17.7 Å². The monoisotopic (exact) mass is 358 g/mol. The molecular weight excluding hydrogens is 344 g/mol. The molecule has 2 bridgehead atoms. The van der Waals surface area contributed by atoms with Crippen molar-refractivity contribution in [2.45, 2.75) is 13.5 Å². The van der Waals surface area contributed by atoms with Crippen molar-refractivity contribution in [2.24, 2.45) is 0 Å². The summed E-state index contributed by atoms with van der Waals surface area (Å²) in [6.45, 7) is 2.56. The van der Waals surface area contributed by atoms with Crippen LogP contribution in [0.1, 0.15) is 22.8 Å². The van der Waals surface area contributed by atoms with Crippen molar-refractivity contribution in [3.63, 3.8) is 0 Å². The van der Waals surface area contributed by atoms with E-state index in [9.17, 15) is 9.59 Å². The summed E-state index contributed by atoms with van der Waals surface area (Å²) >= 11 is 5.79. The van der Waals surface area contributed by atoms with Gasteiger partial charge in [0.1, 0.15) is 23.4 Å². The molecule has 0 unspecified atom stereocenters. The van der Waals surface area contributed by atoms with Crippen LogP contribution in [0.4, 0.5) is 0 Å². The van der Waals surface area contributed by atoms with Crippen LogP contribution in [0.2, 0.25) is 5.02 Å². The van der Waals surface area contributed by atoms with Crippen molar-refractivity contribution in [1.29, 1.82) is 0 Å². The van der Waals surface area contributed by atoms with Crippen molar-refractivity contribution < 1.29 is 14.3 Å². The van der Waals surface area contributed by atoms with E-state index in [0.29, 0.717) is 12.1 Å². The zero-order valence-electron chi connectivity index (χ0n) is 13.4. The van der Waals surface area contributed by atoms with Gasteiger partial charge in [0.2, 0.25) is 5.43 Å². The fraction of sp³-hybridized carbons (Fsp3) is 0.167. The third-order valence-electron chi connectivity index (χ3n) is 3.55. The summed E-state index contributed by atoms with van der Waals surface area (Å²) in [5.41, 5.74) is 1.49. The standard InChI is InChI=1S/C11H10N2O3.C7H5ClO/c1-2-16-11(15)7-6-13-8-4-3-5-12-9(8)10(7)14;8-7-3-6-2-1-5(7)4-9-6/h3-6H,2H2,1H3,(H,13,14);1-3H,4H2. The predicted octanol–water partition coefficient (Wildman–Crippen LogP) is 3.33. The van der Waals surface area contributed by atoms with E-state index in [1.807, 2.05) is 18.2 Å². The third-order valence-corrected chi connectivity index (χ3v) is 3.91. The van der Waals surface area contributed by atoms with Crippen molar-refractivity contribution in [2.75, 3.05) is 6.61 Å². The zero-order chi connectivity index (χ0) is 17.8. The van der Waals surface area contributed by atoms with Crippen molar-refractivity contribution in [3.05, 3.63) is 69.1 Å². The fourth-order valence-electron chi connectivity index (χ4n) is 2.30. The number of hydrogen-bond acceptors (Lipinski definition) is 5. The number of aromatic nitrogens is 2. The van der Waals surface area contributed by atoms with Gasteiger partial charge in [-0.25, -0.2) is 4.79 Å². The van der Waals surface area contributed by atoms with Crippen LogP contribution in [0, 0.1) is 0 Å². The molecule has 0 saturated carbocycles. The van der Waals surface area contributed by atoms with Gasteiger partial charge in [0.15, 0.2) is 0 Å². The van der Waals surface area contributed by atoms with Gasteiger partial charge in [-0.05, 0) is 31.2 Å². The summed E-state index contributed by atoms with van der Waals surface area (Å²) in [4.78, 5) is 30.1. The summed E-state index contributed by atoms with van der Waals surface area (Å²) in [5, 5.41) is 0.818. The molecule has 0 radical (unpaired) electrons. The number of benzene rings is 1. The van der Waals surface area contributed by atoms with Crippen LogP contribution in [0.25, 0.3) is 11.0 Å². The number of nitrogens with zero attached hydrogens (tertiary/aromatic N) is 1. The average Bonchev–Trinajstić information content (AvgIpc) is 2.64. The van der Waals surface area contributed by atoms with E-state index in [0.717, 1.165) is 16.3 Å². The summed E-state index contributed by atoms with van der Waals surface area (Å²) in [6, 6.07) is 9.17. The highest BCUT2D eigenvalue weighted by Gasteiger charge is 2.14. The number of halogens is 1. The van der Waals surface area contributed by atoms with Crippen LogP contribution in [0.15, 0.2) is 47.5 Å². The number of carbonyl (C=O) groups excluding carboxylic acids is 1. The Morgan fingerprint density at radius 3 is 2.80 bits per heavy atom. The number of nitrogens with one attached hydrogen (secondary N) is 1. The lowest BCUT2D eigenvalue weighted by molar-refractivity contribution is 0.0524. The highest BCUT2D eigenvalue weighted by molar-refractivity contribution is 6.31. The largest absolute Gasteiger partial charge is 0.489 e. The summed E-state index contributed by atoms with van der Waals surface area (Å²) in [6.07, 6.45) is 2.86. The molecule has 6 nitrogen and oxygen atoms in total. The number of fused-ring (bicyclic) bond motifs is 4. The Morgan fingerprint density at radius 1 is 1.40 bits per heavy atom. The molecule has 5 rings (SSSR count). The highest BCUT2D eigenvalue weighted by Crippen LogP contribution is 2.28. The van der Waals surface area contributed by atoms with Gasteiger partial charge in [0.05, 0.1) is 17.1 Å². The smallest absolute Gasteiger partial charge is 0.343 e. The van der Waals surface area contributed by atoms with Gasteiger partial charge in [-0.15, -0.1) is 0 Å². The molecule has 1 aromatic carbocycles. The maximum absolute atomic E-state index is 11.9. The minimum Gasteiger partial charge on any atom is -0.489 e. The van der Waals surface area contributed by atoms with Crippen LogP contribution in [0.3, 0.4) is 0 Å². The van der Waals surface area contributed by atoms with E-state index < -0.39 is 11.4 Å². The van der Waals surface area contributed by atoms with E-state index in [4.69, 9.17) is 21.1 Å². The fourth-order valence-corrected chi connectivity index (χ4v) is 2.53. The minimum absolute atomic E-state index is 0.0203. The van der Waals surface area contributed by atoms with Crippen molar-refractivity contribution in [3.8, 4) is 5.75 Å². The number of rotatable bonds is 2. The first-order valence-electron chi connectivity index (χ1n) is 7.65. The number of H-pyrrole nitrogens is 1. The lowest BCUT2D eigenvalue weighted by atomic mass is 10.2. The maximum Gasteiger partial charge on any atom is 0.343 e. The maximum atomic E-state index is 11.9.